The lowest BCUT2D eigenvalue weighted by molar-refractivity contribution is -0.148. The summed E-state index contributed by atoms with van der Waals surface area (Å²) in [6.45, 7) is 13.9. The molecular weight excluding hydrogens is 252 g/mol. The summed E-state index contributed by atoms with van der Waals surface area (Å²) in [4.78, 5) is 14.6. The lowest BCUT2D eigenvalue weighted by Gasteiger charge is -2.37. The molecule has 0 aliphatic carbocycles. The van der Waals surface area contributed by atoms with E-state index in [1.165, 1.54) is 13.5 Å². The lowest BCUT2D eigenvalue weighted by atomic mass is 9.90. The summed E-state index contributed by atoms with van der Waals surface area (Å²) in [5.74, 6) is 1.34. The van der Waals surface area contributed by atoms with Gasteiger partial charge in [-0.05, 0) is 45.4 Å². The maximum Gasteiger partial charge on any atom is 0.325 e. The van der Waals surface area contributed by atoms with Crippen molar-refractivity contribution in [2.24, 2.45) is 11.8 Å². The van der Waals surface area contributed by atoms with E-state index in [0.29, 0.717) is 0 Å². The van der Waals surface area contributed by atoms with Gasteiger partial charge in [0.15, 0.2) is 0 Å². The quantitative estimate of drug-likeness (QED) is 0.760. The molecule has 3 unspecified atom stereocenters. The minimum absolute atomic E-state index is 0.163. The van der Waals surface area contributed by atoms with Crippen LogP contribution in [0.1, 0.15) is 47.5 Å². The zero-order chi connectivity index (χ0) is 15.3. The predicted octanol–water partition coefficient (Wildman–Crippen LogP) is 2.28. The summed E-state index contributed by atoms with van der Waals surface area (Å²) in [7, 11) is 1.47. The standard InChI is InChI=1S/C16H32N2O2/c1-12(2)17-16(5,15(19)20-6)7-8-18-10-13(3)9-14(4)11-18/h12-14,17H,7-11H2,1-6H3. The first kappa shape index (κ1) is 17.4. The van der Waals surface area contributed by atoms with Crippen molar-refractivity contribution < 1.29 is 9.53 Å². The Kier molecular flexibility index (Phi) is 6.46. The summed E-state index contributed by atoms with van der Waals surface area (Å²) in [6, 6.07) is 0.262. The van der Waals surface area contributed by atoms with E-state index in [-0.39, 0.29) is 12.0 Å². The Hall–Kier alpha value is -0.610. The SMILES string of the molecule is COC(=O)C(C)(CCN1CC(C)CC(C)C1)NC(C)C. The van der Waals surface area contributed by atoms with Crippen molar-refractivity contribution in [2.45, 2.75) is 59.0 Å². The maximum absolute atomic E-state index is 12.1. The zero-order valence-electron chi connectivity index (χ0n) is 14.0. The van der Waals surface area contributed by atoms with Crippen molar-refractivity contribution in [3.8, 4) is 0 Å². The molecule has 4 heteroatoms. The topological polar surface area (TPSA) is 41.6 Å². The van der Waals surface area contributed by atoms with Crippen molar-refractivity contribution >= 4 is 5.97 Å². The van der Waals surface area contributed by atoms with Crippen molar-refractivity contribution in [3.63, 3.8) is 0 Å². The van der Waals surface area contributed by atoms with Crippen LogP contribution >= 0.6 is 0 Å². The number of esters is 1. The van der Waals surface area contributed by atoms with Crippen LogP contribution in [0.15, 0.2) is 0 Å². The van der Waals surface area contributed by atoms with Crippen molar-refractivity contribution in [3.05, 3.63) is 0 Å². The molecule has 0 bridgehead atoms. The first-order chi connectivity index (χ1) is 9.26. The molecule has 0 spiro atoms. The summed E-state index contributed by atoms with van der Waals surface area (Å²) in [5, 5.41) is 3.37. The van der Waals surface area contributed by atoms with Gasteiger partial charge in [-0.2, -0.15) is 0 Å². The molecule has 3 atom stereocenters. The second-order valence-corrected chi connectivity index (χ2v) is 7.08. The molecule has 1 rings (SSSR count). The molecule has 0 saturated carbocycles. The van der Waals surface area contributed by atoms with Crippen LogP contribution in [0, 0.1) is 11.8 Å². The van der Waals surface area contributed by atoms with Gasteiger partial charge in [0.25, 0.3) is 0 Å². The van der Waals surface area contributed by atoms with Gasteiger partial charge in [0.2, 0.25) is 0 Å². The summed E-state index contributed by atoms with van der Waals surface area (Å²) >= 11 is 0. The Bertz CT molecular complexity index is 310. The van der Waals surface area contributed by atoms with Gasteiger partial charge in [0.05, 0.1) is 7.11 Å². The highest BCUT2D eigenvalue weighted by atomic mass is 16.5. The van der Waals surface area contributed by atoms with E-state index in [1.54, 1.807) is 0 Å². The van der Waals surface area contributed by atoms with Gasteiger partial charge in [0.1, 0.15) is 5.54 Å². The fraction of sp³-hybridized carbons (Fsp3) is 0.938. The van der Waals surface area contributed by atoms with E-state index in [4.69, 9.17) is 4.74 Å². The second kappa shape index (κ2) is 7.41. The first-order valence-corrected chi connectivity index (χ1v) is 7.85. The smallest absolute Gasteiger partial charge is 0.325 e. The highest BCUT2D eigenvalue weighted by Gasteiger charge is 2.35. The van der Waals surface area contributed by atoms with Crippen LogP contribution < -0.4 is 5.32 Å². The zero-order valence-corrected chi connectivity index (χ0v) is 14.0. The molecule has 0 aromatic rings. The summed E-state index contributed by atoms with van der Waals surface area (Å²) in [6.07, 6.45) is 2.10. The largest absolute Gasteiger partial charge is 0.468 e. The Morgan fingerprint density at radius 2 is 1.90 bits per heavy atom. The number of nitrogens with zero attached hydrogens (tertiary/aromatic N) is 1. The molecule has 0 aromatic carbocycles. The fourth-order valence-corrected chi connectivity index (χ4v) is 3.45. The van der Waals surface area contributed by atoms with E-state index in [2.05, 4.69) is 37.9 Å². The van der Waals surface area contributed by atoms with Crippen molar-refractivity contribution in [1.29, 1.82) is 0 Å². The van der Waals surface area contributed by atoms with Crippen LogP contribution in [-0.2, 0) is 9.53 Å². The van der Waals surface area contributed by atoms with Gasteiger partial charge in [0, 0.05) is 25.7 Å². The Labute approximate surface area is 124 Å². The third kappa shape index (κ3) is 5.06. The number of nitrogens with one attached hydrogen (secondary N) is 1. The minimum Gasteiger partial charge on any atom is -0.468 e. The highest BCUT2D eigenvalue weighted by Crippen LogP contribution is 2.22. The minimum atomic E-state index is -0.590. The van der Waals surface area contributed by atoms with Gasteiger partial charge in [-0.3, -0.25) is 10.1 Å². The molecular formula is C16H32N2O2. The maximum atomic E-state index is 12.1. The van der Waals surface area contributed by atoms with Crippen LogP contribution in [0.25, 0.3) is 0 Å². The first-order valence-electron chi connectivity index (χ1n) is 7.85. The Morgan fingerprint density at radius 3 is 2.35 bits per heavy atom. The molecule has 1 aliphatic heterocycles. The predicted molar refractivity (Wildman–Crippen MR) is 82.7 cm³/mol. The molecule has 0 aromatic heterocycles. The number of hydrogen-bond donors (Lipinski definition) is 1. The molecule has 1 fully saturated rings. The molecule has 20 heavy (non-hydrogen) atoms. The van der Waals surface area contributed by atoms with E-state index in [0.717, 1.165) is 37.9 Å². The monoisotopic (exact) mass is 284 g/mol. The summed E-state index contributed by atoms with van der Waals surface area (Å²) < 4.78 is 4.98. The highest BCUT2D eigenvalue weighted by molar-refractivity contribution is 5.80. The molecule has 1 N–H and O–H groups in total. The van der Waals surface area contributed by atoms with E-state index in [1.807, 2.05) is 6.92 Å². The van der Waals surface area contributed by atoms with Crippen LogP contribution in [0.4, 0.5) is 0 Å². The average molecular weight is 284 g/mol. The molecule has 0 amide bonds. The van der Waals surface area contributed by atoms with Crippen LogP contribution in [-0.4, -0.2) is 49.2 Å². The second-order valence-electron chi connectivity index (χ2n) is 7.08. The van der Waals surface area contributed by atoms with E-state index >= 15 is 0 Å². The number of piperidine rings is 1. The van der Waals surface area contributed by atoms with Crippen molar-refractivity contribution in [2.75, 3.05) is 26.7 Å². The molecule has 1 aliphatic rings. The number of ether oxygens (including phenoxy) is 1. The fourth-order valence-electron chi connectivity index (χ4n) is 3.45. The number of hydrogen-bond acceptors (Lipinski definition) is 4. The molecule has 4 nitrogen and oxygen atoms in total. The van der Waals surface area contributed by atoms with Gasteiger partial charge in [-0.15, -0.1) is 0 Å². The third-order valence-electron chi connectivity index (χ3n) is 4.12. The van der Waals surface area contributed by atoms with Crippen LogP contribution in [0.5, 0.6) is 0 Å². The van der Waals surface area contributed by atoms with Gasteiger partial charge in [-0.25, -0.2) is 0 Å². The van der Waals surface area contributed by atoms with E-state index < -0.39 is 5.54 Å². The average Bonchev–Trinajstić information content (AvgIpc) is 2.33. The number of likely N-dealkylation sites (tertiary alicyclic amines) is 1. The molecule has 118 valence electrons. The summed E-state index contributed by atoms with van der Waals surface area (Å²) in [5.41, 5.74) is -0.590. The van der Waals surface area contributed by atoms with Crippen molar-refractivity contribution in [1.82, 2.24) is 10.2 Å². The number of rotatable bonds is 6. The van der Waals surface area contributed by atoms with Gasteiger partial charge < -0.3 is 9.64 Å². The third-order valence-corrected chi connectivity index (χ3v) is 4.12. The van der Waals surface area contributed by atoms with Crippen LogP contribution in [0.3, 0.4) is 0 Å². The Morgan fingerprint density at radius 1 is 1.35 bits per heavy atom. The molecule has 1 saturated heterocycles. The van der Waals surface area contributed by atoms with E-state index in [9.17, 15) is 4.79 Å². The van der Waals surface area contributed by atoms with Gasteiger partial charge >= 0.3 is 5.97 Å². The molecule has 1 heterocycles. The lowest BCUT2D eigenvalue weighted by Crippen LogP contribution is -2.55. The number of carbonyl (C=O) groups excluding carboxylic acids is 1. The number of methoxy groups -OCH3 is 1. The van der Waals surface area contributed by atoms with Crippen LogP contribution in [0.2, 0.25) is 0 Å². The Balaban J connectivity index is 2.59. The number of carbonyl (C=O) groups is 1. The molecule has 0 radical (unpaired) electrons. The van der Waals surface area contributed by atoms with Gasteiger partial charge in [-0.1, -0.05) is 13.8 Å². The normalized spacial score (nSPS) is 27.4.